The van der Waals surface area contributed by atoms with E-state index >= 15 is 0 Å². The van der Waals surface area contributed by atoms with Crippen molar-refractivity contribution in [2.24, 2.45) is 0 Å². The van der Waals surface area contributed by atoms with Crippen molar-refractivity contribution in [1.29, 1.82) is 0 Å². The van der Waals surface area contributed by atoms with Crippen LogP contribution in [0, 0.1) is 0 Å². The molecule has 2 heterocycles. The minimum atomic E-state index is -3.50. The van der Waals surface area contributed by atoms with Crippen molar-refractivity contribution < 1.29 is 13.2 Å². The van der Waals surface area contributed by atoms with Crippen LogP contribution in [0.2, 0.25) is 0 Å². The van der Waals surface area contributed by atoms with Crippen molar-refractivity contribution in [3.8, 4) is 0 Å². The monoisotopic (exact) mass is 441 g/mol. The number of amides is 1. The lowest BCUT2D eigenvalue weighted by molar-refractivity contribution is -0.113. The lowest BCUT2D eigenvalue weighted by atomic mass is 10.2. The molecule has 0 fully saturated rings. The molecule has 0 saturated carbocycles. The zero-order valence-corrected chi connectivity index (χ0v) is 17.9. The van der Waals surface area contributed by atoms with E-state index in [0.29, 0.717) is 16.5 Å². The van der Waals surface area contributed by atoms with Gasteiger partial charge in [0.1, 0.15) is 0 Å². The molecule has 1 N–H and O–H groups in total. The van der Waals surface area contributed by atoms with E-state index < -0.39 is 10.0 Å². The van der Waals surface area contributed by atoms with E-state index in [-0.39, 0.29) is 16.6 Å². The number of thioether (sulfide) groups is 1. The highest BCUT2D eigenvalue weighted by atomic mass is 32.2. The number of hydrogen-bond donors (Lipinski definition) is 1. The first-order chi connectivity index (χ1) is 14.4. The van der Waals surface area contributed by atoms with E-state index in [9.17, 15) is 13.2 Å². The first kappa shape index (κ1) is 20.3. The van der Waals surface area contributed by atoms with Crippen LogP contribution in [-0.2, 0) is 14.8 Å². The van der Waals surface area contributed by atoms with Gasteiger partial charge in [-0.15, -0.1) is 10.2 Å². The number of aromatic nitrogens is 3. The third kappa shape index (κ3) is 3.89. The second-order valence-electron chi connectivity index (χ2n) is 6.72. The number of fused-ring (bicyclic) bond motifs is 3. The Morgan fingerprint density at radius 2 is 1.77 bits per heavy atom. The van der Waals surface area contributed by atoms with Crippen molar-refractivity contribution in [3.05, 3.63) is 60.7 Å². The summed E-state index contributed by atoms with van der Waals surface area (Å²) in [7, 11) is -0.558. The van der Waals surface area contributed by atoms with Crippen LogP contribution in [0.3, 0.4) is 0 Å². The molecule has 4 rings (SSSR count). The summed E-state index contributed by atoms with van der Waals surface area (Å²) < 4.78 is 27.3. The molecule has 30 heavy (non-hydrogen) atoms. The average molecular weight is 442 g/mol. The van der Waals surface area contributed by atoms with Gasteiger partial charge in [-0.2, -0.15) is 0 Å². The second kappa shape index (κ2) is 8.05. The van der Waals surface area contributed by atoms with E-state index in [1.165, 1.54) is 38.0 Å². The molecule has 0 unspecified atom stereocenters. The summed E-state index contributed by atoms with van der Waals surface area (Å²) in [5.41, 5.74) is 2.21. The highest BCUT2D eigenvalue weighted by Crippen LogP contribution is 2.23. The molecule has 0 aliphatic carbocycles. The molecular formula is C20H19N5O3S2. The number of anilines is 1. The lowest BCUT2D eigenvalue weighted by Gasteiger charge is -2.12. The zero-order chi connectivity index (χ0) is 21.3. The standard InChI is InChI=1S/C20H19N5O3S2/c1-24(2)30(27,28)16-10-8-15(9-11-16)21-19(26)13-29-20-23-22-18-12-7-14-5-3-4-6-17(14)25(18)20/h3-12H,13H2,1-2H3,(H,21,26). The van der Waals surface area contributed by atoms with Gasteiger partial charge in [-0.3, -0.25) is 9.20 Å². The summed E-state index contributed by atoms with van der Waals surface area (Å²) in [5, 5.41) is 12.8. The number of rotatable bonds is 6. The third-order valence-corrected chi connectivity index (χ3v) is 7.26. The fourth-order valence-corrected chi connectivity index (χ4v) is 4.61. The molecule has 2 aromatic carbocycles. The van der Waals surface area contributed by atoms with Crippen molar-refractivity contribution in [2.75, 3.05) is 25.2 Å². The van der Waals surface area contributed by atoms with Crippen molar-refractivity contribution in [3.63, 3.8) is 0 Å². The van der Waals surface area contributed by atoms with Gasteiger partial charge >= 0.3 is 0 Å². The molecule has 0 saturated heterocycles. The average Bonchev–Trinajstić information content (AvgIpc) is 3.16. The zero-order valence-electron chi connectivity index (χ0n) is 16.3. The van der Waals surface area contributed by atoms with E-state index in [4.69, 9.17) is 0 Å². The Morgan fingerprint density at radius 3 is 2.50 bits per heavy atom. The van der Waals surface area contributed by atoms with E-state index in [1.807, 2.05) is 40.8 Å². The summed E-state index contributed by atoms with van der Waals surface area (Å²) in [4.78, 5) is 12.5. The Hall–Kier alpha value is -2.95. The lowest BCUT2D eigenvalue weighted by Crippen LogP contribution is -2.22. The van der Waals surface area contributed by atoms with Crippen LogP contribution in [-0.4, -0.2) is 53.1 Å². The Bertz CT molecular complexity index is 1330. The van der Waals surface area contributed by atoms with Crippen LogP contribution < -0.4 is 5.32 Å². The highest BCUT2D eigenvalue weighted by molar-refractivity contribution is 7.99. The van der Waals surface area contributed by atoms with Crippen molar-refractivity contribution >= 4 is 49.9 Å². The van der Waals surface area contributed by atoms with Gasteiger partial charge < -0.3 is 5.32 Å². The normalized spacial score (nSPS) is 12.0. The molecule has 0 atom stereocenters. The topological polar surface area (TPSA) is 96.7 Å². The molecule has 0 aliphatic heterocycles. The molecule has 154 valence electrons. The van der Waals surface area contributed by atoms with Crippen molar-refractivity contribution in [1.82, 2.24) is 18.9 Å². The summed E-state index contributed by atoms with van der Waals surface area (Å²) in [5.74, 6) is -0.0814. The Labute approximate surface area is 178 Å². The summed E-state index contributed by atoms with van der Waals surface area (Å²) in [6, 6.07) is 17.9. The predicted octanol–water partition coefficient (Wildman–Crippen LogP) is 2.86. The number of hydrogen-bond acceptors (Lipinski definition) is 6. The van der Waals surface area contributed by atoms with Crippen LogP contribution in [0.25, 0.3) is 16.6 Å². The number of nitrogens with zero attached hydrogens (tertiary/aromatic N) is 4. The minimum Gasteiger partial charge on any atom is -0.325 e. The SMILES string of the molecule is CN(C)S(=O)(=O)c1ccc(NC(=O)CSc2nnc3ccc4ccccc4n23)cc1. The summed E-state index contributed by atoms with van der Waals surface area (Å²) in [6.07, 6.45) is 0. The fourth-order valence-electron chi connectivity index (χ4n) is 2.95. The van der Waals surface area contributed by atoms with Gasteiger partial charge in [-0.25, -0.2) is 12.7 Å². The molecule has 0 radical (unpaired) electrons. The fraction of sp³-hybridized carbons (Fsp3) is 0.150. The maximum absolute atomic E-state index is 12.4. The number of carbonyl (C=O) groups is 1. The predicted molar refractivity (Wildman–Crippen MR) is 117 cm³/mol. The van der Waals surface area contributed by atoms with Gasteiger partial charge in [0.05, 0.1) is 16.2 Å². The Morgan fingerprint density at radius 1 is 1.03 bits per heavy atom. The van der Waals surface area contributed by atoms with Crippen LogP contribution in [0.5, 0.6) is 0 Å². The Kier molecular flexibility index (Phi) is 5.46. The number of nitrogens with one attached hydrogen (secondary N) is 1. The molecule has 4 aromatic rings. The highest BCUT2D eigenvalue weighted by Gasteiger charge is 2.17. The van der Waals surface area contributed by atoms with Gasteiger partial charge in [0.2, 0.25) is 15.9 Å². The maximum atomic E-state index is 12.4. The minimum absolute atomic E-state index is 0.141. The van der Waals surface area contributed by atoms with Crippen LogP contribution >= 0.6 is 11.8 Å². The molecule has 0 aliphatic rings. The largest absolute Gasteiger partial charge is 0.325 e. The quantitative estimate of drug-likeness (QED) is 0.462. The number of carbonyl (C=O) groups excluding carboxylic acids is 1. The maximum Gasteiger partial charge on any atom is 0.242 e. The molecule has 8 nitrogen and oxygen atoms in total. The van der Waals surface area contributed by atoms with Crippen LogP contribution in [0.1, 0.15) is 0 Å². The first-order valence-corrected chi connectivity index (χ1v) is 11.5. The van der Waals surface area contributed by atoms with Gasteiger partial charge in [-0.1, -0.05) is 30.0 Å². The van der Waals surface area contributed by atoms with Gasteiger partial charge in [0.15, 0.2) is 10.8 Å². The number of benzene rings is 2. The van der Waals surface area contributed by atoms with Crippen molar-refractivity contribution in [2.45, 2.75) is 10.1 Å². The molecule has 10 heteroatoms. The van der Waals surface area contributed by atoms with Gasteiger partial charge in [0.25, 0.3) is 0 Å². The van der Waals surface area contributed by atoms with Gasteiger partial charge in [0, 0.05) is 19.8 Å². The number of pyridine rings is 1. The second-order valence-corrected chi connectivity index (χ2v) is 9.81. The van der Waals surface area contributed by atoms with E-state index in [2.05, 4.69) is 15.5 Å². The van der Waals surface area contributed by atoms with Crippen LogP contribution in [0.15, 0.2) is 70.7 Å². The molecule has 0 bridgehead atoms. The molecule has 2 aromatic heterocycles. The molecule has 1 amide bonds. The van der Waals surface area contributed by atoms with E-state index in [0.717, 1.165) is 15.2 Å². The summed E-state index contributed by atoms with van der Waals surface area (Å²) in [6.45, 7) is 0. The molecular weight excluding hydrogens is 422 g/mol. The first-order valence-electron chi connectivity index (χ1n) is 9.04. The molecule has 0 spiro atoms. The van der Waals surface area contributed by atoms with Gasteiger partial charge in [-0.05, 0) is 47.9 Å². The van der Waals surface area contributed by atoms with Crippen LogP contribution in [0.4, 0.5) is 5.69 Å². The smallest absolute Gasteiger partial charge is 0.242 e. The third-order valence-electron chi connectivity index (χ3n) is 4.50. The summed E-state index contributed by atoms with van der Waals surface area (Å²) >= 11 is 1.28. The Balaban J connectivity index is 1.46. The number of para-hydroxylation sites is 1. The van der Waals surface area contributed by atoms with E-state index in [1.54, 1.807) is 12.1 Å². The number of sulfonamides is 1.